The minimum atomic E-state index is -0.260. The molecule has 0 saturated heterocycles. The van der Waals surface area contributed by atoms with Crippen LogP contribution in [-0.2, 0) is 0 Å². The largest absolute Gasteiger partial charge is 0.393 e. The molecule has 0 aliphatic heterocycles. The van der Waals surface area contributed by atoms with Crippen LogP contribution in [-0.4, -0.2) is 22.4 Å². The molecule has 2 unspecified atom stereocenters. The van der Waals surface area contributed by atoms with Crippen LogP contribution in [0.25, 0.3) is 0 Å². The van der Waals surface area contributed by atoms with Crippen LogP contribution in [0.3, 0.4) is 0 Å². The summed E-state index contributed by atoms with van der Waals surface area (Å²) in [6, 6.07) is 0. The number of allylic oxidation sites excluding steroid dienone is 20. The molecule has 44 heavy (non-hydrogen) atoms. The maximum Gasteiger partial charge on any atom is 0.0586 e. The third kappa shape index (κ3) is 12.7. The van der Waals surface area contributed by atoms with Gasteiger partial charge in [-0.1, -0.05) is 152 Å². The fraction of sp³-hybridized carbons (Fsp3) is 0.429. The monoisotopic (exact) mass is 592 g/mol. The van der Waals surface area contributed by atoms with Crippen LogP contribution in [0.1, 0.15) is 94.9 Å². The van der Waals surface area contributed by atoms with Gasteiger partial charge in [0.2, 0.25) is 0 Å². The maximum absolute atomic E-state index is 10.1. The van der Waals surface area contributed by atoms with Crippen molar-refractivity contribution in [2.24, 2.45) is 10.8 Å². The van der Waals surface area contributed by atoms with Crippen molar-refractivity contribution in [1.29, 1.82) is 0 Å². The summed E-state index contributed by atoms with van der Waals surface area (Å²) >= 11 is 0. The molecule has 2 N–H and O–H groups in total. The third-order valence-corrected chi connectivity index (χ3v) is 8.27. The lowest BCUT2D eigenvalue weighted by Crippen LogP contribution is -2.28. The SMILES string of the molecule is CC1=C(C#C/C=C/C(C)=C/C=C/C(C)=C/C=C/C=C(C)/C=C/C=C(C)/C=C/C2=C(C)CC(O)CC2(C)C)C(C)(C)CC(O)C1. The lowest BCUT2D eigenvalue weighted by Gasteiger charge is -2.35. The quantitative estimate of drug-likeness (QED) is 0.206. The number of hydrogen-bond donors (Lipinski definition) is 2. The van der Waals surface area contributed by atoms with Crippen molar-refractivity contribution in [2.75, 3.05) is 0 Å². The van der Waals surface area contributed by atoms with Crippen molar-refractivity contribution < 1.29 is 10.2 Å². The zero-order valence-electron chi connectivity index (χ0n) is 29.0. The van der Waals surface area contributed by atoms with Gasteiger partial charge in [-0.2, -0.15) is 0 Å². The molecule has 0 fully saturated rings. The van der Waals surface area contributed by atoms with Crippen LogP contribution in [0.4, 0.5) is 0 Å². The van der Waals surface area contributed by atoms with E-state index in [1.54, 1.807) is 0 Å². The van der Waals surface area contributed by atoms with Gasteiger partial charge in [0.15, 0.2) is 0 Å². The van der Waals surface area contributed by atoms with Crippen LogP contribution < -0.4 is 0 Å². The van der Waals surface area contributed by atoms with Crippen LogP contribution >= 0.6 is 0 Å². The van der Waals surface area contributed by atoms with Crippen LogP contribution in [0.2, 0.25) is 0 Å². The van der Waals surface area contributed by atoms with E-state index in [1.165, 1.54) is 33.4 Å². The van der Waals surface area contributed by atoms with E-state index >= 15 is 0 Å². The average molecular weight is 593 g/mol. The highest BCUT2D eigenvalue weighted by molar-refractivity contribution is 5.43. The average Bonchev–Trinajstić information content (AvgIpc) is 2.88. The lowest BCUT2D eigenvalue weighted by molar-refractivity contribution is 0.116. The van der Waals surface area contributed by atoms with Gasteiger partial charge in [-0.25, -0.2) is 0 Å². The van der Waals surface area contributed by atoms with Crippen molar-refractivity contribution in [2.45, 2.75) is 107 Å². The first kappa shape index (κ1) is 36.8. The molecule has 2 heteroatoms. The molecule has 0 saturated carbocycles. The lowest BCUT2D eigenvalue weighted by atomic mass is 9.71. The first-order chi connectivity index (χ1) is 20.6. The Morgan fingerprint density at radius 2 is 1.09 bits per heavy atom. The van der Waals surface area contributed by atoms with Crippen LogP contribution in [0.15, 0.2) is 130 Å². The van der Waals surface area contributed by atoms with Gasteiger partial charge in [-0.05, 0) is 84.3 Å². The van der Waals surface area contributed by atoms with Crippen molar-refractivity contribution >= 4 is 0 Å². The Labute approximate surface area is 269 Å². The number of hydrogen-bond acceptors (Lipinski definition) is 2. The highest BCUT2D eigenvalue weighted by Gasteiger charge is 2.32. The van der Waals surface area contributed by atoms with Gasteiger partial charge in [0.25, 0.3) is 0 Å². The number of rotatable bonds is 9. The van der Waals surface area contributed by atoms with Gasteiger partial charge in [-0.3, -0.25) is 0 Å². The van der Waals surface area contributed by atoms with Crippen molar-refractivity contribution in [3.05, 3.63) is 130 Å². The molecule has 0 aromatic rings. The summed E-state index contributed by atoms with van der Waals surface area (Å²) in [5, 5.41) is 20.2. The van der Waals surface area contributed by atoms with Crippen molar-refractivity contribution in [1.82, 2.24) is 0 Å². The predicted molar refractivity (Wildman–Crippen MR) is 192 cm³/mol. The molecule has 0 amide bonds. The minimum absolute atomic E-state index is 0.00225. The van der Waals surface area contributed by atoms with Gasteiger partial charge in [0.05, 0.1) is 12.2 Å². The molecule has 2 aliphatic carbocycles. The highest BCUT2D eigenvalue weighted by Crippen LogP contribution is 2.41. The van der Waals surface area contributed by atoms with E-state index in [4.69, 9.17) is 0 Å². The van der Waals surface area contributed by atoms with Gasteiger partial charge < -0.3 is 10.2 Å². The smallest absolute Gasteiger partial charge is 0.0586 e. The second-order valence-corrected chi connectivity index (χ2v) is 13.9. The van der Waals surface area contributed by atoms with Crippen LogP contribution in [0, 0.1) is 22.7 Å². The van der Waals surface area contributed by atoms with E-state index in [1.807, 2.05) is 12.2 Å². The van der Waals surface area contributed by atoms with Gasteiger partial charge in [0, 0.05) is 11.0 Å². The molecule has 2 aliphatic rings. The Hall–Kier alpha value is -3.38. The Balaban J connectivity index is 1.88. The zero-order valence-corrected chi connectivity index (χ0v) is 29.0. The summed E-state index contributed by atoms with van der Waals surface area (Å²) in [5.41, 5.74) is 9.60. The van der Waals surface area contributed by atoms with E-state index in [0.717, 1.165) is 36.8 Å². The molecule has 0 heterocycles. The van der Waals surface area contributed by atoms with Crippen LogP contribution in [0.5, 0.6) is 0 Å². The predicted octanol–water partition coefficient (Wildman–Crippen LogP) is 10.6. The molecule has 0 aromatic heterocycles. The fourth-order valence-electron chi connectivity index (χ4n) is 6.09. The molecule has 0 radical (unpaired) electrons. The Morgan fingerprint density at radius 3 is 1.61 bits per heavy atom. The zero-order chi connectivity index (χ0) is 32.9. The summed E-state index contributed by atoms with van der Waals surface area (Å²) in [6.07, 6.45) is 31.9. The summed E-state index contributed by atoms with van der Waals surface area (Å²) in [4.78, 5) is 0. The van der Waals surface area contributed by atoms with E-state index < -0.39 is 0 Å². The van der Waals surface area contributed by atoms with Crippen molar-refractivity contribution in [3.63, 3.8) is 0 Å². The topological polar surface area (TPSA) is 40.5 Å². The summed E-state index contributed by atoms with van der Waals surface area (Å²) in [5.74, 6) is 6.52. The molecule has 0 bridgehead atoms. The normalized spacial score (nSPS) is 24.1. The first-order valence-electron chi connectivity index (χ1n) is 16.0. The minimum Gasteiger partial charge on any atom is -0.393 e. The summed E-state index contributed by atoms with van der Waals surface area (Å²) in [7, 11) is 0. The Bertz CT molecular complexity index is 1420. The number of aliphatic hydroxyl groups is 2. The molecule has 2 rings (SSSR count). The van der Waals surface area contributed by atoms with E-state index in [9.17, 15) is 10.2 Å². The Morgan fingerprint density at radius 1 is 0.636 bits per heavy atom. The second-order valence-electron chi connectivity index (χ2n) is 13.9. The molecular weight excluding hydrogens is 536 g/mol. The third-order valence-electron chi connectivity index (χ3n) is 8.27. The van der Waals surface area contributed by atoms with Gasteiger partial charge in [0.1, 0.15) is 0 Å². The second kappa shape index (κ2) is 17.2. The molecule has 2 nitrogen and oxygen atoms in total. The maximum atomic E-state index is 10.1. The Kier molecular flexibility index (Phi) is 14.4. The fourth-order valence-corrected chi connectivity index (χ4v) is 6.09. The molecule has 0 spiro atoms. The van der Waals surface area contributed by atoms with E-state index in [2.05, 4.69) is 154 Å². The number of aliphatic hydroxyl groups excluding tert-OH is 2. The molecule has 0 aromatic carbocycles. The van der Waals surface area contributed by atoms with E-state index in [0.29, 0.717) is 0 Å². The van der Waals surface area contributed by atoms with Gasteiger partial charge >= 0.3 is 0 Å². The van der Waals surface area contributed by atoms with E-state index in [-0.39, 0.29) is 23.0 Å². The standard InChI is InChI=1S/C42H56O2/c1-31(20-15-21-33(3)19-13-14-24-39-35(5)27-37(43)29-41(39,7)8)17-11-12-18-32(2)22-16-23-34(4)25-26-40-36(6)28-38(44)30-42(40,9)10/h11-13,15-23,25-26,37-38,43-44H,27-30H2,1-10H3/b12-11+,19-13+,20-15+,22-16+,26-25+,31-17+,32-18+,33-21+,34-23+. The molecule has 2 atom stereocenters. The van der Waals surface area contributed by atoms with Crippen molar-refractivity contribution in [3.8, 4) is 11.8 Å². The molecule has 236 valence electrons. The first-order valence-corrected chi connectivity index (χ1v) is 16.0. The summed E-state index contributed by atoms with van der Waals surface area (Å²) in [6.45, 7) is 21.4. The molecular formula is C42H56O2. The van der Waals surface area contributed by atoms with Gasteiger partial charge in [-0.15, -0.1) is 0 Å². The highest BCUT2D eigenvalue weighted by atomic mass is 16.3. The summed E-state index contributed by atoms with van der Waals surface area (Å²) < 4.78 is 0.